The van der Waals surface area contributed by atoms with Crippen LogP contribution in [-0.4, -0.2) is 48.3 Å². The number of hydrogen-bond acceptors (Lipinski definition) is 3. The second-order valence-electron chi connectivity index (χ2n) is 6.74. The van der Waals surface area contributed by atoms with Crippen LogP contribution in [0.4, 0.5) is 0 Å². The van der Waals surface area contributed by atoms with E-state index >= 15 is 0 Å². The van der Waals surface area contributed by atoms with E-state index in [-0.39, 0.29) is 0 Å². The highest BCUT2D eigenvalue weighted by Crippen LogP contribution is 2.40. The molecule has 1 N–H and O–H groups in total. The number of hydrogen-bond donors (Lipinski definition) is 1. The molecule has 0 spiro atoms. The Hall–Kier alpha value is -0.610. The number of aliphatic carboxylic acids is 1. The second kappa shape index (κ2) is 6.90. The van der Waals surface area contributed by atoms with Crippen LogP contribution in [-0.2, 0) is 9.53 Å². The number of piperidine rings is 1. The highest BCUT2D eigenvalue weighted by molar-refractivity contribution is 5.75. The van der Waals surface area contributed by atoms with Crippen molar-refractivity contribution >= 4 is 5.97 Å². The van der Waals surface area contributed by atoms with Gasteiger partial charge in [0.1, 0.15) is 0 Å². The van der Waals surface area contributed by atoms with E-state index in [1.807, 2.05) is 6.92 Å². The predicted octanol–water partition coefficient (Wildman–Crippen LogP) is 2.77. The summed E-state index contributed by atoms with van der Waals surface area (Å²) in [5.41, 5.74) is -0.522. The monoisotopic (exact) mass is 283 g/mol. The van der Waals surface area contributed by atoms with E-state index in [0.717, 1.165) is 51.8 Å². The minimum Gasteiger partial charge on any atom is -0.481 e. The van der Waals surface area contributed by atoms with Gasteiger partial charge in [-0.2, -0.15) is 0 Å². The highest BCUT2D eigenvalue weighted by atomic mass is 16.5. The van der Waals surface area contributed by atoms with Gasteiger partial charge >= 0.3 is 5.97 Å². The number of likely N-dealkylation sites (tertiary alicyclic amines) is 1. The third kappa shape index (κ3) is 3.73. The normalized spacial score (nSPS) is 35.9. The van der Waals surface area contributed by atoms with Crippen LogP contribution in [0.1, 0.15) is 52.4 Å². The zero-order valence-electron chi connectivity index (χ0n) is 12.9. The van der Waals surface area contributed by atoms with E-state index in [4.69, 9.17) is 4.74 Å². The lowest BCUT2D eigenvalue weighted by Crippen LogP contribution is -2.50. The van der Waals surface area contributed by atoms with Crippen LogP contribution in [0.25, 0.3) is 0 Å². The number of carboxylic acids is 1. The Labute approximate surface area is 122 Å². The maximum Gasteiger partial charge on any atom is 0.310 e. The summed E-state index contributed by atoms with van der Waals surface area (Å²) < 4.78 is 5.73. The molecule has 1 aliphatic carbocycles. The van der Waals surface area contributed by atoms with Gasteiger partial charge in [-0.3, -0.25) is 9.69 Å². The van der Waals surface area contributed by atoms with Crippen molar-refractivity contribution in [2.24, 2.45) is 11.3 Å². The summed E-state index contributed by atoms with van der Waals surface area (Å²) in [4.78, 5) is 14.2. The topological polar surface area (TPSA) is 49.8 Å². The van der Waals surface area contributed by atoms with E-state index in [1.54, 1.807) is 0 Å². The largest absolute Gasteiger partial charge is 0.481 e. The first-order valence-electron chi connectivity index (χ1n) is 8.13. The second-order valence-corrected chi connectivity index (χ2v) is 6.74. The van der Waals surface area contributed by atoms with Crippen LogP contribution in [0.15, 0.2) is 0 Å². The zero-order chi connectivity index (χ0) is 14.6. The molecule has 20 heavy (non-hydrogen) atoms. The summed E-state index contributed by atoms with van der Waals surface area (Å²) in [6, 6.07) is 0. The van der Waals surface area contributed by atoms with E-state index in [0.29, 0.717) is 18.6 Å². The average Bonchev–Trinajstić information content (AvgIpc) is 2.39. The van der Waals surface area contributed by atoms with Crippen molar-refractivity contribution in [2.75, 3.05) is 26.2 Å². The fraction of sp³-hybridized carbons (Fsp3) is 0.938. The lowest BCUT2D eigenvalue weighted by atomic mass is 9.69. The molecule has 1 heterocycles. The summed E-state index contributed by atoms with van der Waals surface area (Å²) in [5.74, 6) is -0.0603. The lowest BCUT2D eigenvalue weighted by Gasteiger charge is -2.42. The SMILES string of the molecule is CCOC1CCCN(CC2(C(=O)O)CCCC(C)C2)C1. The lowest BCUT2D eigenvalue weighted by molar-refractivity contribution is -0.154. The van der Waals surface area contributed by atoms with Gasteiger partial charge < -0.3 is 9.84 Å². The Morgan fingerprint density at radius 3 is 2.85 bits per heavy atom. The third-order valence-electron chi connectivity index (χ3n) is 4.94. The number of carbonyl (C=O) groups is 1. The van der Waals surface area contributed by atoms with Crippen molar-refractivity contribution in [2.45, 2.75) is 58.5 Å². The first-order chi connectivity index (χ1) is 9.55. The average molecular weight is 283 g/mol. The number of ether oxygens (including phenoxy) is 1. The Balaban J connectivity index is 1.99. The fourth-order valence-corrected chi connectivity index (χ4v) is 4.02. The molecule has 4 heteroatoms. The van der Waals surface area contributed by atoms with Crippen molar-refractivity contribution in [3.05, 3.63) is 0 Å². The molecule has 0 aromatic rings. The van der Waals surface area contributed by atoms with Crippen molar-refractivity contribution in [1.29, 1.82) is 0 Å². The van der Waals surface area contributed by atoms with Gasteiger partial charge in [-0.05, 0) is 45.1 Å². The van der Waals surface area contributed by atoms with Gasteiger partial charge in [0.25, 0.3) is 0 Å². The van der Waals surface area contributed by atoms with E-state index < -0.39 is 11.4 Å². The number of nitrogens with zero attached hydrogens (tertiary/aromatic N) is 1. The quantitative estimate of drug-likeness (QED) is 0.843. The zero-order valence-corrected chi connectivity index (χ0v) is 12.9. The molecular formula is C16H29NO3. The molecule has 2 fully saturated rings. The summed E-state index contributed by atoms with van der Waals surface area (Å²) >= 11 is 0. The van der Waals surface area contributed by atoms with Crippen molar-refractivity contribution in [3.63, 3.8) is 0 Å². The van der Waals surface area contributed by atoms with Crippen molar-refractivity contribution < 1.29 is 14.6 Å². The molecule has 1 saturated heterocycles. The Morgan fingerprint density at radius 1 is 1.40 bits per heavy atom. The van der Waals surface area contributed by atoms with Gasteiger partial charge in [-0.15, -0.1) is 0 Å². The Morgan fingerprint density at radius 2 is 2.20 bits per heavy atom. The van der Waals surface area contributed by atoms with Crippen LogP contribution in [0, 0.1) is 11.3 Å². The fourth-order valence-electron chi connectivity index (χ4n) is 4.02. The molecule has 0 bridgehead atoms. The summed E-state index contributed by atoms with van der Waals surface area (Å²) in [7, 11) is 0. The molecule has 1 aliphatic heterocycles. The molecular weight excluding hydrogens is 254 g/mol. The molecule has 0 aromatic carbocycles. The molecule has 2 rings (SSSR count). The smallest absolute Gasteiger partial charge is 0.310 e. The van der Waals surface area contributed by atoms with Crippen molar-refractivity contribution in [1.82, 2.24) is 4.90 Å². The summed E-state index contributed by atoms with van der Waals surface area (Å²) in [6.07, 6.45) is 6.42. The van der Waals surface area contributed by atoms with Gasteiger partial charge in [0, 0.05) is 19.7 Å². The van der Waals surface area contributed by atoms with E-state index in [9.17, 15) is 9.90 Å². The standard InChI is InChI=1S/C16H29NO3/c1-3-20-14-7-5-9-17(11-14)12-16(15(18)19)8-4-6-13(2)10-16/h13-14H,3-12H2,1-2H3,(H,18,19). The van der Waals surface area contributed by atoms with Gasteiger partial charge in [0.05, 0.1) is 11.5 Å². The van der Waals surface area contributed by atoms with Crippen LogP contribution < -0.4 is 0 Å². The maximum atomic E-state index is 11.8. The molecule has 2 aliphatic rings. The van der Waals surface area contributed by atoms with Gasteiger partial charge in [-0.1, -0.05) is 19.8 Å². The predicted molar refractivity (Wildman–Crippen MR) is 78.8 cm³/mol. The molecule has 116 valence electrons. The third-order valence-corrected chi connectivity index (χ3v) is 4.94. The van der Waals surface area contributed by atoms with E-state index in [1.165, 1.54) is 6.42 Å². The number of carboxylic acid groups (broad SMARTS) is 1. The molecule has 3 atom stereocenters. The first-order valence-corrected chi connectivity index (χ1v) is 8.13. The number of rotatable bonds is 5. The molecule has 0 aromatic heterocycles. The molecule has 0 radical (unpaired) electrons. The molecule has 0 amide bonds. The Kier molecular flexibility index (Phi) is 5.44. The first kappa shape index (κ1) is 15.8. The van der Waals surface area contributed by atoms with E-state index in [2.05, 4.69) is 11.8 Å². The summed E-state index contributed by atoms with van der Waals surface area (Å²) in [5, 5.41) is 9.75. The summed E-state index contributed by atoms with van der Waals surface area (Å²) in [6.45, 7) is 7.59. The van der Waals surface area contributed by atoms with Crippen LogP contribution in [0.5, 0.6) is 0 Å². The van der Waals surface area contributed by atoms with Gasteiger partial charge in [0.2, 0.25) is 0 Å². The minimum atomic E-state index is -0.595. The highest BCUT2D eigenvalue weighted by Gasteiger charge is 2.43. The maximum absolute atomic E-state index is 11.8. The van der Waals surface area contributed by atoms with Crippen LogP contribution in [0.3, 0.4) is 0 Å². The van der Waals surface area contributed by atoms with Crippen LogP contribution in [0.2, 0.25) is 0 Å². The molecule has 4 nitrogen and oxygen atoms in total. The molecule has 3 unspecified atom stereocenters. The Bertz CT molecular complexity index is 332. The molecule has 1 saturated carbocycles. The minimum absolute atomic E-state index is 0.292. The van der Waals surface area contributed by atoms with Crippen LogP contribution >= 0.6 is 0 Å². The van der Waals surface area contributed by atoms with Gasteiger partial charge in [-0.25, -0.2) is 0 Å². The van der Waals surface area contributed by atoms with Gasteiger partial charge in [0.15, 0.2) is 0 Å². The van der Waals surface area contributed by atoms with Crippen molar-refractivity contribution in [3.8, 4) is 0 Å².